The van der Waals surface area contributed by atoms with E-state index < -0.39 is 0 Å². The highest BCUT2D eigenvalue weighted by molar-refractivity contribution is 7.71. The van der Waals surface area contributed by atoms with Crippen LogP contribution in [0.2, 0.25) is 0 Å². The minimum absolute atomic E-state index is 0.138. The Morgan fingerprint density at radius 2 is 2.11 bits per heavy atom. The topological polar surface area (TPSA) is 71.9 Å². The summed E-state index contributed by atoms with van der Waals surface area (Å²) in [5.41, 5.74) is 1.07. The predicted octanol–water partition coefficient (Wildman–Crippen LogP) is 4.62. The van der Waals surface area contributed by atoms with E-state index in [0.717, 1.165) is 16.3 Å². The van der Waals surface area contributed by atoms with Crippen LogP contribution in [0.1, 0.15) is 42.3 Å². The lowest BCUT2D eigenvalue weighted by molar-refractivity contribution is 0.0954. The molecule has 2 heterocycles. The van der Waals surface area contributed by atoms with E-state index in [9.17, 15) is 4.79 Å². The van der Waals surface area contributed by atoms with E-state index in [4.69, 9.17) is 17.0 Å². The molecule has 0 spiro atoms. The Morgan fingerprint density at radius 1 is 1.36 bits per heavy atom. The van der Waals surface area contributed by atoms with Gasteiger partial charge in [0.2, 0.25) is 0 Å². The molecule has 0 saturated heterocycles. The second kappa shape index (κ2) is 9.16. The van der Waals surface area contributed by atoms with Gasteiger partial charge < -0.3 is 14.6 Å². The first-order valence-electron chi connectivity index (χ1n) is 9.27. The number of thiophene rings is 1. The molecule has 2 aromatic heterocycles. The van der Waals surface area contributed by atoms with Gasteiger partial charge in [0.25, 0.3) is 5.91 Å². The Balaban J connectivity index is 1.72. The number of nitrogens with zero attached hydrogens (tertiary/aromatic N) is 2. The van der Waals surface area contributed by atoms with Crippen molar-refractivity contribution in [2.45, 2.75) is 33.2 Å². The first-order chi connectivity index (χ1) is 13.5. The highest BCUT2D eigenvalue weighted by Gasteiger charge is 2.18. The molecule has 28 heavy (non-hydrogen) atoms. The zero-order valence-electron chi connectivity index (χ0n) is 16.2. The number of aromatic amines is 1. The number of rotatable bonds is 8. The molecule has 0 saturated carbocycles. The lowest BCUT2D eigenvalue weighted by atomic mass is 10.2. The van der Waals surface area contributed by atoms with Crippen molar-refractivity contribution in [1.29, 1.82) is 0 Å². The van der Waals surface area contributed by atoms with Crippen molar-refractivity contribution in [3.63, 3.8) is 0 Å². The number of carbonyl (C=O) groups is 1. The van der Waals surface area contributed by atoms with Crippen molar-refractivity contribution >= 4 is 29.5 Å². The molecule has 0 unspecified atom stereocenters. The molecule has 0 aliphatic carbocycles. The summed E-state index contributed by atoms with van der Waals surface area (Å²) in [6, 6.07) is 12.1. The molecule has 148 valence electrons. The molecule has 2 N–H and O–H groups in total. The highest BCUT2D eigenvalue weighted by Crippen LogP contribution is 2.36. The monoisotopic (exact) mass is 416 g/mol. The molecule has 0 atom stereocenters. The molecule has 6 nitrogen and oxygen atoms in total. The van der Waals surface area contributed by atoms with Crippen LogP contribution in [-0.4, -0.2) is 33.8 Å². The standard InChI is InChI=1S/C20H24N4O2S2/c1-4-26-15-12-16(14-8-6-5-7-9-14)28-18(15)19(25)21-11-10-17-22-23-20(27)24(17)13(2)3/h5-9,12-13H,4,10-11H2,1-3H3,(H,21,25)(H,23,27). The molecular formula is C20H24N4O2S2. The molecule has 3 aromatic rings. The second-order valence-electron chi connectivity index (χ2n) is 6.52. The van der Waals surface area contributed by atoms with Crippen LogP contribution in [0.4, 0.5) is 0 Å². The fourth-order valence-corrected chi connectivity index (χ4v) is 4.34. The van der Waals surface area contributed by atoms with Gasteiger partial charge in [0, 0.05) is 23.9 Å². The van der Waals surface area contributed by atoms with E-state index in [2.05, 4.69) is 29.4 Å². The number of carbonyl (C=O) groups excluding carboxylic acids is 1. The van der Waals surface area contributed by atoms with Crippen molar-refractivity contribution in [1.82, 2.24) is 20.1 Å². The number of hydrogen-bond acceptors (Lipinski definition) is 5. The van der Waals surface area contributed by atoms with E-state index in [0.29, 0.717) is 35.0 Å². The summed E-state index contributed by atoms with van der Waals surface area (Å²) in [5, 5.41) is 10.1. The van der Waals surface area contributed by atoms with Gasteiger partial charge in [0.15, 0.2) is 4.77 Å². The van der Waals surface area contributed by atoms with Gasteiger partial charge in [-0.2, -0.15) is 5.10 Å². The number of nitrogens with one attached hydrogen (secondary N) is 2. The van der Waals surface area contributed by atoms with Crippen molar-refractivity contribution in [2.24, 2.45) is 0 Å². The number of hydrogen-bond donors (Lipinski definition) is 2. The lowest BCUT2D eigenvalue weighted by Gasteiger charge is -2.10. The molecule has 0 aliphatic heterocycles. The number of ether oxygens (including phenoxy) is 1. The van der Waals surface area contributed by atoms with Gasteiger partial charge in [0.05, 0.1) is 6.61 Å². The van der Waals surface area contributed by atoms with E-state index in [1.54, 1.807) is 0 Å². The maximum Gasteiger partial charge on any atom is 0.265 e. The van der Waals surface area contributed by atoms with Crippen molar-refractivity contribution in [3.05, 3.63) is 51.9 Å². The Hall–Kier alpha value is -2.45. The van der Waals surface area contributed by atoms with Crippen LogP contribution >= 0.6 is 23.6 Å². The predicted molar refractivity (Wildman–Crippen MR) is 115 cm³/mol. The van der Waals surface area contributed by atoms with Gasteiger partial charge >= 0.3 is 0 Å². The second-order valence-corrected chi connectivity index (χ2v) is 7.96. The lowest BCUT2D eigenvalue weighted by Crippen LogP contribution is -2.26. The smallest absolute Gasteiger partial charge is 0.265 e. The van der Waals surface area contributed by atoms with Gasteiger partial charge in [-0.15, -0.1) is 11.3 Å². The fourth-order valence-electron chi connectivity index (χ4n) is 2.95. The quantitative estimate of drug-likeness (QED) is 0.526. The molecule has 0 bridgehead atoms. The molecule has 0 fully saturated rings. The summed E-state index contributed by atoms with van der Waals surface area (Å²) in [6.45, 7) is 7.00. The Morgan fingerprint density at radius 3 is 2.79 bits per heavy atom. The fraction of sp³-hybridized carbons (Fsp3) is 0.350. The Kier molecular flexibility index (Phi) is 6.64. The van der Waals surface area contributed by atoms with E-state index in [1.807, 2.05) is 47.9 Å². The van der Waals surface area contributed by atoms with Crippen molar-refractivity contribution < 1.29 is 9.53 Å². The van der Waals surface area contributed by atoms with Crippen LogP contribution in [0.5, 0.6) is 5.75 Å². The zero-order chi connectivity index (χ0) is 20.1. The van der Waals surface area contributed by atoms with Crippen LogP contribution in [0.25, 0.3) is 10.4 Å². The molecule has 0 aliphatic rings. The number of amides is 1. The summed E-state index contributed by atoms with van der Waals surface area (Å²) in [6.07, 6.45) is 0.595. The van der Waals surface area contributed by atoms with Crippen LogP contribution < -0.4 is 10.1 Å². The molecule has 0 radical (unpaired) electrons. The third-order valence-electron chi connectivity index (χ3n) is 4.19. The van der Waals surface area contributed by atoms with Gasteiger partial charge in [-0.3, -0.25) is 9.89 Å². The maximum atomic E-state index is 12.8. The van der Waals surface area contributed by atoms with Crippen LogP contribution in [0.3, 0.4) is 0 Å². The SMILES string of the molecule is CCOc1cc(-c2ccccc2)sc1C(=O)NCCc1n[nH]c(=S)n1C(C)C. The molecule has 8 heteroatoms. The van der Waals surface area contributed by atoms with Crippen LogP contribution in [0.15, 0.2) is 36.4 Å². The molecular weight excluding hydrogens is 392 g/mol. The summed E-state index contributed by atoms with van der Waals surface area (Å²) < 4.78 is 8.26. The minimum Gasteiger partial charge on any atom is -0.492 e. The van der Waals surface area contributed by atoms with Gasteiger partial charge in [-0.1, -0.05) is 30.3 Å². The maximum absolute atomic E-state index is 12.8. The highest BCUT2D eigenvalue weighted by atomic mass is 32.1. The number of aromatic nitrogens is 3. The summed E-state index contributed by atoms with van der Waals surface area (Å²) >= 11 is 6.70. The minimum atomic E-state index is -0.138. The molecule has 1 amide bonds. The third-order valence-corrected chi connectivity index (χ3v) is 5.64. The van der Waals surface area contributed by atoms with Gasteiger partial charge in [0.1, 0.15) is 16.5 Å². The zero-order valence-corrected chi connectivity index (χ0v) is 17.8. The summed E-state index contributed by atoms with van der Waals surface area (Å²) in [5.74, 6) is 1.32. The normalized spacial score (nSPS) is 11.0. The molecule has 1 aromatic carbocycles. The Bertz CT molecular complexity index is 989. The first-order valence-corrected chi connectivity index (χ1v) is 10.5. The van der Waals surface area contributed by atoms with Crippen LogP contribution in [0, 0.1) is 4.77 Å². The largest absolute Gasteiger partial charge is 0.492 e. The summed E-state index contributed by atoms with van der Waals surface area (Å²) in [4.78, 5) is 14.4. The van der Waals surface area contributed by atoms with E-state index in [1.165, 1.54) is 11.3 Å². The third kappa shape index (κ3) is 4.51. The number of benzene rings is 1. The first kappa shape index (κ1) is 20.3. The van der Waals surface area contributed by atoms with Crippen molar-refractivity contribution in [2.75, 3.05) is 13.2 Å². The van der Waals surface area contributed by atoms with E-state index >= 15 is 0 Å². The molecule has 3 rings (SSSR count). The van der Waals surface area contributed by atoms with Crippen molar-refractivity contribution in [3.8, 4) is 16.2 Å². The van der Waals surface area contributed by atoms with Gasteiger partial charge in [-0.05, 0) is 44.6 Å². The number of H-pyrrole nitrogens is 1. The summed E-state index contributed by atoms with van der Waals surface area (Å²) in [7, 11) is 0. The van der Waals surface area contributed by atoms with E-state index in [-0.39, 0.29) is 11.9 Å². The van der Waals surface area contributed by atoms with Gasteiger partial charge in [-0.25, -0.2) is 0 Å². The average Bonchev–Trinajstić information content (AvgIpc) is 3.26. The van der Waals surface area contributed by atoms with Crippen LogP contribution in [-0.2, 0) is 6.42 Å². The Labute approximate surface area is 173 Å². The average molecular weight is 417 g/mol.